The van der Waals surface area contributed by atoms with Gasteiger partial charge in [0.1, 0.15) is 10.7 Å². The average Bonchev–Trinajstić information content (AvgIpc) is 3.04. The summed E-state index contributed by atoms with van der Waals surface area (Å²) in [7, 11) is 0. The molecule has 1 aromatic heterocycles. The predicted octanol–water partition coefficient (Wildman–Crippen LogP) is 5.07. The highest BCUT2D eigenvalue weighted by Crippen LogP contribution is 2.32. The molecule has 6 heteroatoms. The molecule has 0 saturated heterocycles. The van der Waals surface area contributed by atoms with Crippen molar-refractivity contribution in [3.8, 4) is 0 Å². The quantitative estimate of drug-likeness (QED) is 0.491. The Morgan fingerprint density at radius 1 is 1.30 bits per heavy atom. The molecule has 1 aliphatic rings. The Labute approximate surface area is 143 Å². The number of hydrogen-bond acceptors (Lipinski definition) is 4. The van der Waals surface area contributed by atoms with Crippen LogP contribution < -0.4 is 0 Å². The second-order valence-electron chi connectivity index (χ2n) is 3.98. The van der Waals surface area contributed by atoms with Crippen molar-refractivity contribution in [1.82, 2.24) is 0 Å². The third-order valence-electron chi connectivity index (χ3n) is 2.60. The molecule has 0 atom stereocenters. The summed E-state index contributed by atoms with van der Waals surface area (Å²) in [5, 5.41) is 3.21. The first-order valence-corrected chi connectivity index (χ1v) is 8.80. The molecular formula is C14H7ClINOS2. The summed E-state index contributed by atoms with van der Waals surface area (Å²) in [4.78, 5) is 17.5. The minimum absolute atomic E-state index is 0.0386. The molecule has 2 nitrogen and oxygen atoms in total. The molecule has 2 aromatic rings. The first kappa shape index (κ1) is 14.3. The summed E-state index contributed by atoms with van der Waals surface area (Å²) >= 11 is 11.1. The fourth-order valence-corrected chi connectivity index (χ4v) is 3.91. The van der Waals surface area contributed by atoms with Gasteiger partial charge in [0.05, 0.1) is 5.02 Å². The minimum Gasteiger partial charge on any atom is -0.279 e. The van der Waals surface area contributed by atoms with E-state index in [2.05, 4.69) is 27.6 Å². The van der Waals surface area contributed by atoms with Gasteiger partial charge < -0.3 is 0 Å². The Morgan fingerprint density at radius 3 is 2.90 bits per heavy atom. The summed E-state index contributed by atoms with van der Waals surface area (Å²) in [6.07, 6.45) is 1.81. The van der Waals surface area contributed by atoms with Crippen molar-refractivity contribution in [2.75, 3.05) is 0 Å². The SMILES string of the molecule is O=C1SC(c2cc(I)ccc2Cl)=N/C1=C\c1cccs1. The van der Waals surface area contributed by atoms with Crippen LogP contribution in [0.4, 0.5) is 0 Å². The van der Waals surface area contributed by atoms with Gasteiger partial charge in [-0.15, -0.1) is 11.3 Å². The highest BCUT2D eigenvalue weighted by molar-refractivity contribution is 14.1. The number of aliphatic imine (C=N–C) groups is 1. The zero-order chi connectivity index (χ0) is 14.1. The Kier molecular flexibility index (Phi) is 4.30. The molecule has 0 fully saturated rings. The van der Waals surface area contributed by atoms with Crippen molar-refractivity contribution in [1.29, 1.82) is 0 Å². The number of carbonyl (C=O) groups is 1. The van der Waals surface area contributed by atoms with Crippen LogP contribution in [0.25, 0.3) is 6.08 Å². The largest absolute Gasteiger partial charge is 0.279 e. The van der Waals surface area contributed by atoms with Gasteiger partial charge in [-0.05, 0) is 70.1 Å². The third kappa shape index (κ3) is 3.00. The fraction of sp³-hybridized carbons (Fsp3) is 0. The van der Waals surface area contributed by atoms with Crippen molar-refractivity contribution in [3.05, 3.63) is 60.4 Å². The van der Waals surface area contributed by atoms with Gasteiger partial charge in [0.15, 0.2) is 0 Å². The molecule has 0 radical (unpaired) electrons. The van der Waals surface area contributed by atoms with Crippen molar-refractivity contribution in [2.45, 2.75) is 0 Å². The lowest BCUT2D eigenvalue weighted by Gasteiger charge is -2.02. The minimum atomic E-state index is -0.0386. The van der Waals surface area contributed by atoms with Crippen molar-refractivity contribution in [3.63, 3.8) is 0 Å². The molecule has 0 aliphatic carbocycles. The Bertz CT molecular complexity index is 738. The highest BCUT2D eigenvalue weighted by atomic mass is 127. The monoisotopic (exact) mass is 431 g/mol. The van der Waals surface area contributed by atoms with E-state index in [1.807, 2.05) is 41.8 Å². The normalized spacial score (nSPS) is 16.8. The van der Waals surface area contributed by atoms with Gasteiger partial charge in [-0.3, -0.25) is 4.79 Å². The molecule has 0 saturated carbocycles. The fourth-order valence-electron chi connectivity index (χ4n) is 1.69. The molecule has 0 N–H and O–H groups in total. The van der Waals surface area contributed by atoms with Crippen molar-refractivity contribution >= 4 is 73.5 Å². The lowest BCUT2D eigenvalue weighted by molar-refractivity contribution is -0.107. The molecule has 0 unspecified atom stereocenters. The molecule has 100 valence electrons. The number of carbonyl (C=O) groups excluding carboxylic acids is 1. The standard InChI is InChI=1S/C14H7ClINOS2/c15-11-4-3-8(16)6-10(11)13-17-12(14(18)20-13)7-9-2-1-5-19-9/h1-7H/b12-7-. The molecule has 20 heavy (non-hydrogen) atoms. The zero-order valence-electron chi connectivity index (χ0n) is 9.97. The smallest absolute Gasteiger partial charge is 0.244 e. The van der Waals surface area contributed by atoms with E-state index in [0.717, 1.165) is 25.8 Å². The second-order valence-corrected chi connectivity index (χ2v) is 7.57. The van der Waals surface area contributed by atoms with E-state index in [-0.39, 0.29) is 5.12 Å². The van der Waals surface area contributed by atoms with Crippen LogP contribution in [0.15, 0.2) is 46.4 Å². The van der Waals surface area contributed by atoms with Crippen molar-refractivity contribution < 1.29 is 4.79 Å². The molecule has 1 aliphatic heterocycles. The summed E-state index contributed by atoms with van der Waals surface area (Å²) in [5.74, 6) is 0. The van der Waals surface area contributed by atoms with E-state index in [4.69, 9.17) is 11.6 Å². The number of rotatable bonds is 2. The molecule has 2 heterocycles. The molecule has 1 aromatic carbocycles. The number of thiophene rings is 1. The van der Waals surface area contributed by atoms with E-state index in [0.29, 0.717) is 15.8 Å². The van der Waals surface area contributed by atoms with E-state index in [9.17, 15) is 4.79 Å². The predicted molar refractivity (Wildman–Crippen MR) is 95.6 cm³/mol. The Morgan fingerprint density at radius 2 is 2.15 bits per heavy atom. The first-order valence-electron chi connectivity index (χ1n) is 5.65. The molecular weight excluding hydrogens is 425 g/mol. The maximum atomic E-state index is 12.0. The van der Waals surface area contributed by atoms with E-state index >= 15 is 0 Å². The first-order chi connectivity index (χ1) is 9.63. The molecule has 3 rings (SSSR count). The number of hydrogen-bond donors (Lipinski definition) is 0. The second kappa shape index (κ2) is 6.01. The van der Waals surface area contributed by atoms with Gasteiger partial charge in [-0.2, -0.15) is 0 Å². The van der Waals surface area contributed by atoms with E-state index in [1.54, 1.807) is 11.3 Å². The van der Waals surface area contributed by atoms with E-state index in [1.165, 1.54) is 0 Å². The van der Waals surface area contributed by atoms with Crippen molar-refractivity contribution in [2.24, 2.45) is 4.99 Å². The van der Waals surface area contributed by atoms with Gasteiger partial charge in [-0.1, -0.05) is 17.7 Å². The van der Waals surface area contributed by atoms with Gasteiger partial charge in [-0.25, -0.2) is 4.99 Å². The van der Waals surface area contributed by atoms with Crippen LogP contribution in [0, 0.1) is 3.57 Å². The third-order valence-corrected chi connectivity index (χ3v) is 5.32. The summed E-state index contributed by atoms with van der Waals surface area (Å²) in [6.45, 7) is 0. The Balaban J connectivity index is 2.00. The summed E-state index contributed by atoms with van der Waals surface area (Å²) in [6, 6.07) is 9.60. The van der Waals surface area contributed by atoms with Gasteiger partial charge in [0.2, 0.25) is 5.12 Å². The van der Waals surface area contributed by atoms with Gasteiger partial charge >= 0.3 is 0 Å². The lowest BCUT2D eigenvalue weighted by atomic mass is 10.2. The van der Waals surface area contributed by atoms with Crippen LogP contribution in [0.1, 0.15) is 10.4 Å². The Hall–Kier alpha value is -0.630. The summed E-state index contributed by atoms with van der Waals surface area (Å²) < 4.78 is 1.06. The highest BCUT2D eigenvalue weighted by Gasteiger charge is 2.24. The van der Waals surface area contributed by atoms with Gasteiger partial charge in [0.25, 0.3) is 0 Å². The van der Waals surface area contributed by atoms with Crippen LogP contribution in [0.3, 0.4) is 0 Å². The van der Waals surface area contributed by atoms with E-state index < -0.39 is 0 Å². The number of benzene rings is 1. The number of halogens is 2. The van der Waals surface area contributed by atoms with Crippen LogP contribution in [-0.4, -0.2) is 10.2 Å². The molecule has 0 bridgehead atoms. The topological polar surface area (TPSA) is 29.4 Å². The van der Waals surface area contributed by atoms with Crippen LogP contribution in [0.5, 0.6) is 0 Å². The zero-order valence-corrected chi connectivity index (χ0v) is 14.5. The van der Waals surface area contributed by atoms with Crippen LogP contribution in [0.2, 0.25) is 5.02 Å². The molecule has 0 spiro atoms. The molecule has 0 amide bonds. The lowest BCUT2D eigenvalue weighted by Crippen LogP contribution is -1.94. The average molecular weight is 432 g/mol. The maximum Gasteiger partial charge on any atom is 0.244 e. The number of thioether (sulfide) groups is 1. The number of nitrogens with zero attached hydrogens (tertiary/aromatic N) is 1. The van der Waals surface area contributed by atoms with Crippen LogP contribution >= 0.6 is 57.3 Å². The summed E-state index contributed by atoms with van der Waals surface area (Å²) in [5.41, 5.74) is 1.29. The maximum absolute atomic E-state index is 12.0. The van der Waals surface area contributed by atoms with Gasteiger partial charge in [0, 0.05) is 14.0 Å². The van der Waals surface area contributed by atoms with Crippen LogP contribution in [-0.2, 0) is 4.79 Å².